The van der Waals surface area contributed by atoms with Gasteiger partial charge in [0, 0.05) is 17.7 Å². The highest BCUT2D eigenvalue weighted by atomic mass is 16.3. The first-order valence-corrected chi connectivity index (χ1v) is 8.07. The Balaban J connectivity index is 1.68. The first-order chi connectivity index (χ1) is 10.6. The Bertz CT molecular complexity index is 649. The predicted octanol–water partition coefficient (Wildman–Crippen LogP) is 4.31. The summed E-state index contributed by atoms with van der Waals surface area (Å²) in [5, 5.41) is 10.2. The highest BCUT2D eigenvalue weighted by Gasteiger charge is 2.19. The van der Waals surface area contributed by atoms with Gasteiger partial charge in [0.25, 0.3) is 5.91 Å². The van der Waals surface area contributed by atoms with Crippen molar-refractivity contribution in [3.63, 3.8) is 0 Å². The van der Waals surface area contributed by atoms with E-state index in [4.69, 9.17) is 4.42 Å². The number of aromatic nitrogens is 2. The van der Waals surface area contributed by atoms with Crippen molar-refractivity contribution in [3.8, 4) is 0 Å². The van der Waals surface area contributed by atoms with Crippen LogP contribution in [0.2, 0.25) is 0 Å². The molecule has 3 rings (SSSR count). The Morgan fingerprint density at radius 3 is 2.59 bits per heavy atom. The fourth-order valence-corrected chi connectivity index (χ4v) is 3.24. The molecule has 118 valence electrons. The first-order valence-electron chi connectivity index (χ1n) is 8.07. The van der Waals surface area contributed by atoms with Crippen LogP contribution in [0.15, 0.2) is 16.5 Å². The third kappa shape index (κ3) is 3.24. The minimum atomic E-state index is -0.173. The zero-order valence-electron chi connectivity index (χ0n) is 13.2. The highest BCUT2D eigenvalue weighted by molar-refractivity contribution is 6.04. The Labute approximate surface area is 130 Å². The van der Waals surface area contributed by atoms with Crippen LogP contribution in [0.25, 0.3) is 0 Å². The van der Waals surface area contributed by atoms with Gasteiger partial charge in [0.1, 0.15) is 11.5 Å². The molecule has 0 atom stereocenters. The van der Waals surface area contributed by atoms with Crippen LogP contribution in [-0.4, -0.2) is 16.1 Å². The Morgan fingerprint density at radius 2 is 1.95 bits per heavy atom. The summed E-state index contributed by atoms with van der Waals surface area (Å²) in [6.45, 7) is 3.63. The molecule has 22 heavy (non-hydrogen) atoms. The van der Waals surface area contributed by atoms with Gasteiger partial charge in [-0.05, 0) is 32.8 Å². The number of H-pyrrole nitrogens is 1. The van der Waals surface area contributed by atoms with Gasteiger partial charge in [-0.1, -0.05) is 25.7 Å². The fraction of sp³-hybridized carbons (Fsp3) is 0.529. The summed E-state index contributed by atoms with van der Waals surface area (Å²) in [5.74, 6) is 2.33. The van der Waals surface area contributed by atoms with Crippen molar-refractivity contribution in [2.45, 2.75) is 58.3 Å². The smallest absolute Gasteiger partial charge is 0.260 e. The van der Waals surface area contributed by atoms with Gasteiger partial charge in [-0.25, -0.2) is 0 Å². The summed E-state index contributed by atoms with van der Waals surface area (Å²) in [7, 11) is 0. The minimum absolute atomic E-state index is 0.173. The molecule has 0 radical (unpaired) electrons. The molecule has 1 amide bonds. The molecule has 5 nitrogen and oxygen atoms in total. The minimum Gasteiger partial charge on any atom is -0.466 e. The van der Waals surface area contributed by atoms with E-state index in [1.54, 1.807) is 13.0 Å². The molecule has 2 aromatic rings. The third-order valence-corrected chi connectivity index (χ3v) is 4.42. The van der Waals surface area contributed by atoms with Crippen molar-refractivity contribution < 1.29 is 9.21 Å². The second-order valence-corrected chi connectivity index (χ2v) is 6.18. The van der Waals surface area contributed by atoms with E-state index in [2.05, 4.69) is 15.5 Å². The van der Waals surface area contributed by atoms with E-state index in [0.29, 0.717) is 23.1 Å². The van der Waals surface area contributed by atoms with Gasteiger partial charge >= 0.3 is 0 Å². The zero-order valence-corrected chi connectivity index (χ0v) is 13.2. The molecular weight excluding hydrogens is 278 g/mol. The van der Waals surface area contributed by atoms with Gasteiger partial charge in [-0.15, -0.1) is 0 Å². The van der Waals surface area contributed by atoms with E-state index >= 15 is 0 Å². The maximum atomic E-state index is 12.3. The number of amides is 1. The molecule has 0 aromatic carbocycles. The molecule has 2 N–H and O–H groups in total. The van der Waals surface area contributed by atoms with Gasteiger partial charge in [0.05, 0.1) is 5.56 Å². The number of hydrogen-bond acceptors (Lipinski definition) is 3. The summed E-state index contributed by atoms with van der Waals surface area (Å²) < 4.78 is 5.40. The zero-order chi connectivity index (χ0) is 15.5. The van der Waals surface area contributed by atoms with Gasteiger partial charge in [-0.2, -0.15) is 5.10 Å². The molecule has 0 saturated heterocycles. The average molecular weight is 301 g/mol. The summed E-state index contributed by atoms with van der Waals surface area (Å²) in [5.41, 5.74) is 1.70. The van der Waals surface area contributed by atoms with Crippen LogP contribution in [-0.2, 0) is 0 Å². The number of furan rings is 1. The van der Waals surface area contributed by atoms with Crippen LogP contribution >= 0.6 is 0 Å². The van der Waals surface area contributed by atoms with Crippen molar-refractivity contribution in [1.29, 1.82) is 0 Å². The van der Waals surface area contributed by atoms with E-state index in [1.807, 2.05) is 13.0 Å². The molecule has 1 aliphatic carbocycles. The number of carbonyl (C=O) groups is 1. The van der Waals surface area contributed by atoms with E-state index in [0.717, 1.165) is 11.5 Å². The number of aryl methyl sites for hydroxylation is 2. The number of nitrogens with one attached hydrogen (secondary N) is 2. The topological polar surface area (TPSA) is 70.9 Å². The molecule has 1 fully saturated rings. The molecule has 2 aromatic heterocycles. The largest absolute Gasteiger partial charge is 0.466 e. The Hall–Kier alpha value is -2.04. The summed E-state index contributed by atoms with van der Waals surface area (Å²) >= 11 is 0. The van der Waals surface area contributed by atoms with Crippen molar-refractivity contribution >= 4 is 11.7 Å². The predicted molar refractivity (Wildman–Crippen MR) is 85.2 cm³/mol. The van der Waals surface area contributed by atoms with E-state index in [-0.39, 0.29) is 5.91 Å². The fourth-order valence-electron chi connectivity index (χ4n) is 3.24. The van der Waals surface area contributed by atoms with Crippen LogP contribution in [0.1, 0.15) is 72.0 Å². The van der Waals surface area contributed by atoms with Gasteiger partial charge in [0.15, 0.2) is 5.82 Å². The number of rotatable bonds is 3. The summed E-state index contributed by atoms with van der Waals surface area (Å²) in [6, 6.07) is 3.72. The molecule has 1 saturated carbocycles. The van der Waals surface area contributed by atoms with Crippen molar-refractivity contribution in [1.82, 2.24) is 10.2 Å². The van der Waals surface area contributed by atoms with Gasteiger partial charge < -0.3 is 9.73 Å². The lowest BCUT2D eigenvalue weighted by atomic mass is 9.97. The van der Waals surface area contributed by atoms with E-state index in [1.165, 1.54) is 38.5 Å². The van der Waals surface area contributed by atoms with Crippen LogP contribution in [0.4, 0.5) is 5.82 Å². The monoisotopic (exact) mass is 301 g/mol. The lowest BCUT2D eigenvalue weighted by Gasteiger charge is -2.10. The second-order valence-electron chi connectivity index (χ2n) is 6.18. The summed E-state index contributed by atoms with van der Waals surface area (Å²) in [6.07, 6.45) is 7.61. The molecule has 5 heteroatoms. The third-order valence-electron chi connectivity index (χ3n) is 4.42. The second kappa shape index (κ2) is 6.38. The first kappa shape index (κ1) is 14.9. The van der Waals surface area contributed by atoms with Gasteiger partial charge in [0.2, 0.25) is 0 Å². The maximum Gasteiger partial charge on any atom is 0.260 e. The molecular formula is C17H23N3O2. The number of nitrogens with zero attached hydrogens (tertiary/aromatic N) is 1. The van der Waals surface area contributed by atoms with Crippen LogP contribution in [0.3, 0.4) is 0 Å². The average Bonchev–Trinajstić information content (AvgIpc) is 2.96. The normalized spacial score (nSPS) is 16.5. The Kier molecular flexibility index (Phi) is 4.32. The Morgan fingerprint density at radius 1 is 1.23 bits per heavy atom. The maximum absolute atomic E-state index is 12.3. The summed E-state index contributed by atoms with van der Waals surface area (Å²) in [4.78, 5) is 12.3. The molecule has 0 unspecified atom stereocenters. The molecule has 0 spiro atoms. The van der Waals surface area contributed by atoms with Gasteiger partial charge in [-0.3, -0.25) is 9.89 Å². The van der Waals surface area contributed by atoms with Crippen molar-refractivity contribution in [2.24, 2.45) is 0 Å². The lowest BCUT2D eigenvalue weighted by molar-refractivity contribution is 0.102. The molecule has 1 aliphatic rings. The van der Waals surface area contributed by atoms with Crippen LogP contribution in [0, 0.1) is 13.8 Å². The van der Waals surface area contributed by atoms with E-state index in [9.17, 15) is 4.79 Å². The highest BCUT2D eigenvalue weighted by Crippen LogP contribution is 2.31. The lowest BCUT2D eigenvalue weighted by Crippen LogP contribution is -2.12. The van der Waals surface area contributed by atoms with Crippen molar-refractivity contribution in [2.75, 3.05) is 5.32 Å². The van der Waals surface area contributed by atoms with Crippen LogP contribution < -0.4 is 5.32 Å². The number of anilines is 1. The SMILES string of the molecule is Cc1cc(C(=O)Nc2cc(C3CCCCCC3)[nH]n2)c(C)o1. The van der Waals surface area contributed by atoms with Crippen molar-refractivity contribution in [3.05, 3.63) is 34.9 Å². The van der Waals surface area contributed by atoms with E-state index < -0.39 is 0 Å². The molecule has 2 heterocycles. The number of hydrogen-bond donors (Lipinski definition) is 2. The number of carbonyl (C=O) groups excluding carboxylic acids is 1. The van der Waals surface area contributed by atoms with Crippen LogP contribution in [0.5, 0.6) is 0 Å². The molecule has 0 bridgehead atoms. The molecule has 0 aliphatic heterocycles. The quantitative estimate of drug-likeness (QED) is 0.830. The number of aromatic amines is 1. The standard InChI is InChI=1S/C17H23N3O2/c1-11-9-14(12(2)22-11)17(21)18-16-10-15(19-20-16)13-7-5-3-4-6-8-13/h9-10,13H,3-8H2,1-2H3,(H2,18,19,20,21).